The fourth-order valence-electron chi connectivity index (χ4n) is 2.54. The van der Waals surface area contributed by atoms with Crippen molar-refractivity contribution >= 4 is 15.7 Å². The molecule has 0 bridgehead atoms. The summed E-state index contributed by atoms with van der Waals surface area (Å²) in [5, 5.41) is 4.00. The first-order valence-electron chi connectivity index (χ1n) is 7.29. The molecule has 2 aromatic rings. The second kappa shape index (κ2) is 5.61. The van der Waals surface area contributed by atoms with Crippen molar-refractivity contribution in [3.05, 3.63) is 30.2 Å². The molecule has 1 aromatic carbocycles. The zero-order valence-electron chi connectivity index (χ0n) is 13.2. The average molecular weight is 337 g/mol. The van der Waals surface area contributed by atoms with E-state index >= 15 is 0 Å². The number of nitrogens with zero attached hydrogens (tertiary/aromatic N) is 2. The van der Waals surface area contributed by atoms with E-state index in [1.165, 1.54) is 0 Å². The fraction of sp³-hybridized carbons (Fsp3) is 0.467. The first-order valence-corrected chi connectivity index (χ1v) is 9.18. The van der Waals surface area contributed by atoms with Gasteiger partial charge in [0.05, 0.1) is 6.26 Å². The Morgan fingerprint density at radius 2 is 2.13 bits per heavy atom. The van der Waals surface area contributed by atoms with Crippen LogP contribution in [0.3, 0.4) is 0 Å². The van der Waals surface area contributed by atoms with E-state index < -0.39 is 15.6 Å². The van der Waals surface area contributed by atoms with Crippen LogP contribution in [0.2, 0.25) is 0 Å². The molecule has 0 spiro atoms. The second-order valence-corrected chi connectivity index (χ2v) is 7.71. The number of benzene rings is 1. The summed E-state index contributed by atoms with van der Waals surface area (Å²) in [6.07, 6.45) is 3.26. The molecule has 0 aliphatic heterocycles. The summed E-state index contributed by atoms with van der Waals surface area (Å²) in [6, 6.07) is 6.85. The van der Waals surface area contributed by atoms with Gasteiger partial charge in [-0.15, -0.1) is 0 Å². The van der Waals surface area contributed by atoms with Gasteiger partial charge in [-0.05, 0) is 37.8 Å². The van der Waals surface area contributed by atoms with Crippen molar-refractivity contribution in [2.75, 3.05) is 18.1 Å². The van der Waals surface area contributed by atoms with Gasteiger partial charge in [0.2, 0.25) is 15.8 Å². The van der Waals surface area contributed by atoms with Crippen LogP contribution in [0.15, 0.2) is 28.8 Å². The number of nitrogens with one attached hydrogen (secondary N) is 1. The number of anilines is 1. The quantitative estimate of drug-likeness (QED) is 0.869. The van der Waals surface area contributed by atoms with Crippen LogP contribution in [0.5, 0.6) is 0 Å². The maximum absolute atomic E-state index is 11.3. The molecule has 1 unspecified atom stereocenters. The minimum atomic E-state index is -3.34. The van der Waals surface area contributed by atoms with Crippen molar-refractivity contribution in [2.45, 2.75) is 25.4 Å². The molecule has 1 atom stereocenters. The van der Waals surface area contributed by atoms with Crippen LogP contribution >= 0.6 is 0 Å². The Morgan fingerprint density at radius 1 is 1.39 bits per heavy atom. The summed E-state index contributed by atoms with van der Waals surface area (Å²) in [4.78, 5) is 4.44. The molecule has 124 valence electrons. The van der Waals surface area contributed by atoms with Crippen LogP contribution in [0, 0.1) is 5.92 Å². The maximum atomic E-state index is 11.3. The van der Waals surface area contributed by atoms with Crippen molar-refractivity contribution in [1.29, 1.82) is 0 Å². The van der Waals surface area contributed by atoms with E-state index in [1.54, 1.807) is 31.4 Å². The topological polar surface area (TPSA) is 94.3 Å². The normalized spacial score (nSPS) is 17.7. The minimum absolute atomic E-state index is 0.388. The van der Waals surface area contributed by atoms with Crippen molar-refractivity contribution in [2.24, 2.45) is 5.92 Å². The highest BCUT2D eigenvalue weighted by Crippen LogP contribution is 2.47. The summed E-state index contributed by atoms with van der Waals surface area (Å²) in [7, 11) is -1.70. The summed E-state index contributed by atoms with van der Waals surface area (Å²) >= 11 is 0. The molecule has 1 fully saturated rings. The van der Waals surface area contributed by atoms with Crippen molar-refractivity contribution < 1.29 is 17.7 Å². The summed E-state index contributed by atoms with van der Waals surface area (Å²) in [5.41, 5.74) is 0.546. The predicted octanol–water partition coefficient (Wildman–Crippen LogP) is 2.38. The maximum Gasteiger partial charge on any atom is 0.259 e. The van der Waals surface area contributed by atoms with Gasteiger partial charge in [-0.3, -0.25) is 4.72 Å². The third-order valence-electron chi connectivity index (χ3n) is 4.06. The average Bonchev–Trinajstić information content (AvgIpc) is 3.22. The lowest BCUT2D eigenvalue weighted by atomic mass is 10.0. The number of aromatic nitrogens is 2. The lowest BCUT2D eigenvalue weighted by molar-refractivity contribution is -0.0429. The standard InChI is InChI=1S/C15H19N3O4S/c1-15(21-2,11-7-8-11)14-16-13(17-22-14)10-5-4-6-12(9-10)18-23(3,19)20/h4-6,9,11,18H,7-8H2,1-3H3. The molecule has 1 aliphatic carbocycles. The molecule has 1 aromatic heterocycles. The molecule has 23 heavy (non-hydrogen) atoms. The second-order valence-electron chi connectivity index (χ2n) is 5.96. The van der Waals surface area contributed by atoms with Gasteiger partial charge in [-0.1, -0.05) is 17.3 Å². The highest BCUT2D eigenvalue weighted by atomic mass is 32.2. The van der Waals surface area contributed by atoms with Crippen LogP contribution < -0.4 is 4.72 Å². The number of hydrogen-bond acceptors (Lipinski definition) is 6. The lowest BCUT2D eigenvalue weighted by Crippen LogP contribution is -2.27. The molecule has 1 saturated carbocycles. The first kappa shape index (κ1) is 15.9. The monoisotopic (exact) mass is 337 g/mol. The lowest BCUT2D eigenvalue weighted by Gasteiger charge is -2.23. The SMILES string of the molecule is COC(C)(c1nc(-c2cccc(NS(C)(=O)=O)c2)no1)C1CC1. The van der Waals surface area contributed by atoms with E-state index in [-0.39, 0.29) is 0 Å². The van der Waals surface area contributed by atoms with E-state index in [4.69, 9.17) is 9.26 Å². The Hall–Kier alpha value is -1.93. The van der Waals surface area contributed by atoms with Crippen LogP contribution in [0.1, 0.15) is 25.7 Å². The molecule has 1 aliphatic rings. The van der Waals surface area contributed by atoms with E-state index in [9.17, 15) is 8.42 Å². The largest absolute Gasteiger partial charge is 0.368 e. The van der Waals surface area contributed by atoms with E-state index in [2.05, 4.69) is 14.9 Å². The smallest absolute Gasteiger partial charge is 0.259 e. The molecule has 0 radical (unpaired) electrons. The molecule has 1 N–H and O–H groups in total. The van der Waals surface area contributed by atoms with Gasteiger partial charge in [0.1, 0.15) is 5.60 Å². The Kier molecular flexibility index (Phi) is 3.89. The highest BCUT2D eigenvalue weighted by molar-refractivity contribution is 7.92. The summed E-state index contributed by atoms with van der Waals surface area (Å²) in [5.74, 6) is 1.24. The van der Waals surface area contributed by atoms with Gasteiger partial charge in [0.25, 0.3) is 5.89 Å². The predicted molar refractivity (Wildman–Crippen MR) is 85.3 cm³/mol. The molecule has 3 rings (SSSR count). The Morgan fingerprint density at radius 3 is 2.74 bits per heavy atom. The van der Waals surface area contributed by atoms with Gasteiger partial charge in [-0.2, -0.15) is 4.98 Å². The van der Waals surface area contributed by atoms with Crippen LogP contribution in [-0.2, 0) is 20.4 Å². The number of methoxy groups -OCH3 is 1. The fourth-order valence-corrected chi connectivity index (χ4v) is 3.10. The van der Waals surface area contributed by atoms with Crippen molar-refractivity contribution in [3.63, 3.8) is 0 Å². The third kappa shape index (κ3) is 3.37. The number of ether oxygens (including phenoxy) is 1. The Labute approximate surface area is 135 Å². The Bertz CT molecular complexity index is 814. The first-order chi connectivity index (χ1) is 10.8. The Balaban J connectivity index is 1.90. The third-order valence-corrected chi connectivity index (χ3v) is 4.66. The van der Waals surface area contributed by atoms with Crippen LogP contribution in [0.4, 0.5) is 5.69 Å². The van der Waals surface area contributed by atoms with E-state index in [1.807, 2.05) is 6.92 Å². The zero-order valence-corrected chi connectivity index (χ0v) is 14.1. The van der Waals surface area contributed by atoms with Crippen molar-refractivity contribution in [1.82, 2.24) is 10.1 Å². The highest BCUT2D eigenvalue weighted by Gasteiger charge is 2.47. The van der Waals surface area contributed by atoms with Gasteiger partial charge >= 0.3 is 0 Å². The van der Waals surface area contributed by atoms with Gasteiger partial charge in [0, 0.05) is 18.4 Å². The molecule has 0 saturated heterocycles. The van der Waals surface area contributed by atoms with Gasteiger partial charge < -0.3 is 9.26 Å². The number of rotatable bonds is 6. The molecular weight excluding hydrogens is 318 g/mol. The molecule has 0 amide bonds. The van der Waals surface area contributed by atoms with Crippen LogP contribution in [-0.4, -0.2) is 31.9 Å². The zero-order chi connectivity index (χ0) is 16.7. The van der Waals surface area contributed by atoms with Gasteiger partial charge in [0.15, 0.2) is 0 Å². The molecule has 7 nitrogen and oxygen atoms in total. The molecular formula is C15H19N3O4S. The van der Waals surface area contributed by atoms with Crippen molar-refractivity contribution in [3.8, 4) is 11.4 Å². The summed E-state index contributed by atoms with van der Waals surface area (Å²) in [6.45, 7) is 1.95. The number of sulfonamides is 1. The van der Waals surface area contributed by atoms with E-state index in [0.717, 1.165) is 19.1 Å². The summed E-state index contributed by atoms with van der Waals surface area (Å²) < 4.78 is 36.1. The molecule has 1 heterocycles. The van der Waals surface area contributed by atoms with Gasteiger partial charge in [-0.25, -0.2) is 8.42 Å². The van der Waals surface area contributed by atoms with E-state index in [0.29, 0.717) is 28.9 Å². The molecule has 8 heteroatoms. The van der Waals surface area contributed by atoms with Crippen LogP contribution in [0.25, 0.3) is 11.4 Å². The minimum Gasteiger partial charge on any atom is -0.368 e. The number of hydrogen-bond donors (Lipinski definition) is 1.